The summed E-state index contributed by atoms with van der Waals surface area (Å²) in [7, 11) is 3.74. The molecular weight excluding hydrogens is 326 g/mol. The molecule has 0 spiro atoms. The van der Waals surface area contributed by atoms with Gasteiger partial charge in [-0.1, -0.05) is 11.3 Å². The van der Waals surface area contributed by atoms with Crippen LogP contribution < -0.4 is 10.2 Å². The maximum Gasteiger partial charge on any atom is 0.244 e. The number of aromatic nitrogens is 5. The molecular formula is C15H17N7OS. The molecule has 3 aromatic heterocycles. The Labute approximate surface area is 142 Å². The lowest BCUT2D eigenvalue weighted by atomic mass is 10.2. The highest BCUT2D eigenvalue weighted by Gasteiger charge is 2.12. The Morgan fingerprint density at radius 1 is 1.38 bits per heavy atom. The van der Waals surface area contributed by atoms with Crippen LogP contribution in [-0.4, -0.2) is 44.6 Å². The molecule has 0 fully saturated rings. The monoisotopic (exact) mass is 343 g/mol. The first-order valence-corrected chi connectivity index (χ1v) is 8.17. The molecule has 24 heavy (non-hydrogen) atoms. The molecule has 0 saturated carbocycles. The molecule has 0 aliphatic heterocycles. The van der Waals surface area contributed by atoms with Gasteiger partial charge in [-0.25, -0.2) is 19.5 Å². The number of fused-ring (bicyclic) bond motifs is 1. The molecule has 3 aromatic rings. The van der Waals surface area contributed by atoms with E-state index in [1.54, 1.807) is 28.5 Å². The van der Waals surface area contributed by atoms with Gasteiger partial charge in [-0.05, 0) is 13.0 Å². The van der Waals surface area contributed by atoms with Crippen molar-refractivity contribution < 1.29 is 4.79 Å². The molecule has 0 aliphatic carbocycles. The zero-order valence-electron chi connectivity index (χ0n) is 13.5. The van der Waals surface area contributed by atoms with Crippen molar-refractivity contribution in [2.75, 3.05) is 19.0 Å². The first-order chi connectivity index (χ1) is 11.5. The van der Waals surface area contributed by atoms with Crippen LogP contribution in [0.3, 0.4) is 0 Å². The molecule has 0 saturated heterocycles. The van der Waals surface area contributed by atoms with E-state index < -0.39 is 0 Å². The molecule has 1 N–H and O–H groups in total. The van der Waals surface area contributed by atoms with E-state index in [1.807, 2.05) is 32.1 Å². The normalized spacial score (nSPS) is 12.6. The van der Waals surface area contributed by atoms with Crippen LogP contribution >= 0.6 is 11.3 Å². The van der Waals surface area contributed by atoms with Crippen molar-refractivity contribution in [3.8, 4) is 0 Å². The average molecular weight is 343 g/mol. The number of hydrogen-bond acceptors (Lipinski definition) is 7. The summed E-state index contributed by atoms with van der Waals surface area (Å²) in [4.78, 5) is 27.5. The first kappa shape index (κ1) is 16.1. The van der Waals surface area contributed by atoms with Crippen LogP contribution in [0.4, 0.5) is 5.95 Å². The van der Waals surface area contributed by atoms with E-state index in [1.165, 1.54) is 17.4 Å². The highest BCUT2D eigenvalue weighted by Crippen LogP contribution is 2.15. The summed E-state index contributed by atoms with van der Waals surface area (Å²) in [5.41, 5.74) is 3.26. The Bertz CT molecular complexity index is 837. The molecule has 0 aliphatic rings. The lowest BCUT2D eigenvalue weighted by Crippen LogP contribution is -2.24. The van der Waals surface area contributed by atoms with E-state index >= 15 is 0 Å². The van der Waals surface area contributed by atoms with Gasteiger partial charge in [0, 0.05) is 38.1 Å². The summed E-state index contributed by atoms with van der Waals surface area (Å²) in [6, 6.07) is -0.205. The fraction of sp³-hybridized carbons (Fsp3) is 0.267. The van der Waals surface area contributed by atoms with E-state index in [0.29, 0.717) is 5.95 Å². The predicted molar refractivity (Wildman–Crippen MR) is 92.8 cm³/mol. The van der Waals surface area contributed by atoms with Gasteiger partial charge in [0.15, 0.2) is 0 Å². The van der Waals surface area contributed by atoms with Crippen molar-refractivity contribution in [2.45, 2.75) is 13.0 Å². The average Bonchev–Trinajstić information content (AvgIpc) is 3.15. The minimum atomic E-state index is -0.205. The van der Waals surface area contributed by atoms with Crippen molar-refractivity contribution in [3.05, 3.63) is 41.4 Å². The highest BCUT2D eigenvalue weighted by atomic mass is 32.1. The zero-order valence-corrected chi connectivity index (χ0v) is 14.4. The zero-order chi connectivity index (χ0) is 17.1. The number of nitrogens with one attached hydrogen (secondary N) is 1. The lowest BCUT2D eigenvalue weighted by Gasteiger charge is -2.09. The SMILES string of the molecule is CC(NC(=O)C=Cc1cnc(N(C)C)nc1)c1cn2ncsc2n1. The van der Waals surface area contributed by atoms with Gasteiger partial charge in [-0.2, -0.15) is 5.10 Å². The summed E-state index contributed by atoms with van der Waals surface area (Å²) in [5, 5.41) is 7.00. The minimum absolute atomic E-state index is 0.205. The van der Waals surface area contributed by atoms with E-state index in [-0.39, 0.29) is 11.9 Å². The quantitative estimate of drug-likeness (QED) is 0.707. The van der Waals surface area contributed by atoms with E-state index in [9.17, 15) is 4.79 Å². The van der Waals surface area contributed by atoms with Crippen LogP contribution in [0.25, 0.3) is 11.0 Å². The number of carbonyl (C=O) groups is 1. The van der Waals surface area contributed by atoms with Crippen LogP contribution in [0, 0.1) is 0 Å². The van der Waals surface area contributed by atoms with Gasteiger partial charge in [0.1, 0.15) is 5.51 Å². The third kappa shape index (κ3) is 3.57. The molecule has 9 heteroatoms. The Hall–Kier alpha value is -2.81. The first-order valence-electron chi connectivity index (χ1n) is 7.29. The molecule has 3 rings (SSSR count). The van der Waals surface area contributed by atoms with Gasteiger partial charge < -0.3 is 10.2 Å². The summed E-state index contributed by atoms with van der Waals surface area (Å²) >= 11 is 1.45. The van der Waals surface area contributed by atoms with E-state index in [0.717, 1.165) is 16.2 Å². The van der Waals surface area contributed by atoms with Gasteiger partial charge in [0.2, 0.25) is 16.8 Å². The molecule has 3 heterocycles. The van der Waals surface area contributed by atoms with Crippen LogP contribution in [0.1, 0.15) is 24.2 Å². The second-order valence-electron chi connectivity index (χ2n) is 5.41. The number of nitrogens with zero attached hydrogens (tertiary/aromatic N) is 6. The highest BCUT2D eigenvalue weighted by molar-refractivity contribution is 7.14. The van der Waals surface area contributed by atoms with Gasteiger partial charge in [-0.15, -0.1) is 0 Å². The van der Waals surface area contributed by atoms with E-state index in [4.69, 9.17) is 0 Å². The van der Waals surface area contributed by atoms with Crippen LogP contribution in [0.5, 0.6) is 0 Å². The third-order valence-corrected chi connectivity index (χ3v) is 3.98. The molecule has 0 radical (unpaired) electrons. The van der Waals surface area contributed by atoms with E-state index in [2.05, 4.69) is 25.4 Å². The van der Waals surface area contributed by atoms with Crippen LogP contribution in [-0.2, 0) is 4.79 Å². The summed E-state index contributed by atoms with van der Waals surface area (Å²) in [6.07, 6.45) is 8.29. The summed E-state index contributed by atoms with van der Waals surface area (Å²) in [6.45, 7) is 1.88. The van der Waals surface area contributed by atoms with Crippen LogP contribution in [0.15, 0.2) is 30.2 Å². The Balaban J connectivity index is 1.60. The molecule has 124 valence electrons. The van der Waals surface area contributed by atoms with Gasteiger partial charge in [0.05, 0.1) is 17.9 Å². The number of carbonyl (C=O) groups excluding carboxylic acids is 1. The largest absolute Gasteiger partial charge is 0.347 e. The van der Waals surface area contributed by atoms with Crippen molar-refractivity contribution in [1.29, 1.82) is 0 Å². The Morgan fingerprint density at radius 2 is 2.12 bits per heavy atom. The Kier molecular flexibility index (Phi) is 4.52. The topological polar surface area (TPSA) is 88.3 Å². The lowest BCUT2D eigenvalue weighted by molar-refractivity contribution is -0.117. The number of imidazole rings is 1. The maximum atomic E-state index is 12.0. The summed E-state index contributed by atoms with van der Waals surface area (Å²) in [5.74, 6) is 0.419. The number of anilines is 1. The summed E-state index contributed by atoms with van der Waals surface area (Å²) < 4.78 is 1.70. The minimum Gasteiger partial charge on any atom is -0.347 e. The number of rotatable bonds is 5. The molecule has 1 unspecified atom stereocenters. The molecule has 1 amide bonds. The van der Waals surface area contributed by atoms with Crippen LogP contribution in [0.2, 0.25) is 0 Å². The van der Waals surface area contributed by atoms with Crippen molar-refractivity contribution in [3.63, 3.8) is 0 Å². The van der Waals surface area contributed by atoms with Gasteiger partial charge in [-0.3, -0.25) is 4.79 Å². The van der Waals surface area contributed by atoms with Crippen molar-refractivity contribution >= 4 is 34.2 Å². The fourth-order valence-corrected chi connectivity index (χ4v) is 2.63. The fourth-order valence-electron chi connectivity index (χ4n) is 2.02. The number of hydrogen-bond donors (Lipinski definition) is 1. The molecule has 0 bridgehead atoms. The molecule has 0 aromatic carbocycles. The van der Waals surface area contributed by atoms with Gasteiger partial charge >= 0.3 is 0 Å². The second kappa shape index (κ2) is 6.75. The smallest absolute Gasteiger partial charge is 0.244 e. The second-order valence-corrected chi connectivity index (χ2v) is 6.22. The third-order valence-electron chi connectivity index (χ3n) is 3.29. The van der Waals surface area contributed by atoms with Crippen molar-refractivity contribution in [1.82, 2.24) is 29.9 Å². The molecule has 8 nitrogen and oxygen atoms in total. The standard InChI is InChI=1S/C15H17N7OS/c1-10(12-8-22-15(20-12)24-9-18-22)19-13(23)5-4-11-6-16-14(17-7-11)21(2)3/h4-10H,1-3H3,(H,19,23). The maximum absolute atomic E-state index is 12.0. The predicted octanol–water partition coefficient (Wildman–Crippen LogP) is 1.54. The van der Waals surface area contributed by atoms with Gasteiger partial charge in [0.25, 0.3) is 0 Å². The van der Waals surface area contributed by atoms with Crippen molar-refractivity contribution in [2.24, 2.45) is 0 Å². The number of amides is 1. The molecule has 1 atom stereocenters. The Morgan fingerprint density at radius 3 is 2.79 bits per heavy atom.